The number of hydrogen-bond donors (Lipinski definition) is 1. The highest BCUT2D eigenvalue weighted by Crippen LogP contribution is 2.26. The van der Waals surface area contributed by atoms with Crippen LogP contribution in [0.5, 0.6) is 5.75 Å². The van der Waals surface area contributed by atoms with Gasteiger partial charge in [-0.15, -0.1) is 0 Å². The molecule has 1 saturated heterocycles. The van der Waals surface area contributed by atoms with Crippen molar-refractivity contribution in [3.05, 3.63) is 36.0 Å². The third-order valence-corrected chi connectivity index (χ3v) is 4.17. The van der Waals surface area contributed by atoms with Crippen molar-refractivity contribution in [1.82, 2.24) is 9.97 Å². The molecule has 1 aliphatic heterocycles. The first kappa shape index (κ1) is 17.0. The van der Waals surface area contributed by atoms with E-state index in [1.807, 2.05) is 19.0 Å². The Kier molecular flexibility index (Phi) is 5.02. The van der Waals surface area contributed by atoms with Gasteiger partial charge in [-0.25, -0.2) is 4.98 Å². The van der Waals surface area contributed by atoms with Crippen LogP contribution in [0.2, 0.25) is 0 Å². The molecule has 1 aromatic carbocycles. The monoisotopic (exact) mass is 341 g/mol. The molecule has 7 heteroatoms. The van der Waals surface area contributed by atoms with Crippen molar-refractivity contribution >= 4 is 23.4 Å². The number of amides is 1. The lowest BCUT2D eigenvalue weighted by Gasteiger charge is -2.21. The van der Waals surface area contributed by atoms with E-state index in [1.165, 1.54) is 0 Å². The lowest BCUT2D eigenvalue weighted by Crippen LogP contribution is -2.23. The lowest BCUT2D eigenvalue weighted by atomic mass is 10.2. The first-order valence-corrected chi connectivity index (χ1v) is 8.33. The van der Waals surface area contributed by atoms with Crippen molar-refractivity contribution in [3.8, 4) is 5.75 Å². The molecule has 2 aromatic rings. The maximum atomic E-state index is 12.5. The molecule has 1 amide bonds. The van der Waals surface area contributed by atoms with Crippen LogP contribution in [-0.4, -0.2) is 50.2 Å². The molecule has 3 rings (SSSR count). The van der Waals surface area contributed by atoms with Crippen LogP contribution >= 0.6 is 0 Å². The number of benzene rings is 1. The summed E-state index contributed by atoms with van der Waals surface area (Å²) in [6, 6.07) is 6.97. The molecule has 7 nitrogen and oxygen atoms in total. The average Bonchev–Trinajstić information content (AvgIpc) is 3.16. The molecular weight excluding hydrogens is 318 g/mol. The first-order chi connectivity index (χ1) is 12.1. The van der Waals surface area contributed by atoms with E-state index in [9.17, 15) is 4.79 Å². The van der Waals surface area contributed by atoms with Crippen molar-refractivity contribution in [2.45, 2.75) is 12.8 Å². The fourth-order valence-electron chi connectivity index (χ4n) is 2.80. The van der Waals surface area contributed by atoms with Gasteiger partial charge in [-0.3, -0.25) is 4.79 Å². The minimum absolute atomic E-state index is 0.205. The number of nitrogens with one attached hydrogen (secondary N) is 1. The largest absolute Gasteiger partial charge is 0.497 e. The number of rotatable bonds is 5. The molecule has 1 N–H and O–H groups in total. The Morgan fingerprint density at radius 2 is 1.88 bits per heavy atom. The van der Waals surface area contributed by atoms with Crippen LogP contribution in [0.25, 0.3) is 0 Å². The second-order valence-corrected chi connectivity index (χ2v) is 6.18. The molecule has 0 spiro atoms. The Hall–Kier alpha value is -2.83. The van der Waals surface area contributed by atoms with Gasteiger partial charge in [0.2, 0.25) is 5.95 Å². The van der Waals surface area contributed by atoms with Crippen LogP contribution in [0.1, 0.15) is 23.2 Å². The normalized spacial score (nSPS) is 13.6. The summed E-state index contributed by atoms with van der Waals surface area (Å²) in [5.74, 6) is 1.91. The number of carbonyl (C=O) groups excluding carboxylic acids is 1. The van der Waals surface area contributed by atoms with Gasteiger partial charge in [0, 0.05) is 32.7 Å². The van der Waals surface area contributed by atoms with Crippen molar-refractivity contribution in [3.63, 3.8) is 0 Å². The Balaban J connectivity index is 1.81. The van der Waals surface area contributed by atoms with Crippen LogP contribution in [-0.2, 0) is 0 Å². The summed E-state index contributed by atoms with van der Waals surface area (Å²) in [4.78, 5) is 25.6. The number of hydrogen-bond acceptors (Lipinski definition) is 6. The van der Waals surface area contributed by atoms with Gasteiger partial charge in [0.05, 0.1) is 13.3 Å². The summed E-state index contributed by atoms with van der Waals surface area (Å²) in [5, 5.41) is 2.90. The summed E-state index contributed by atoms with van der Waals surface area (Å²) >= 11 is 0. The molecule has 0 bridgehead atoms. The van der Waals surface area contributed by atoms with Gasteiger partial charge in [0.15, 0.2) is 5.82 Å². The highest BCUT2D eigenvalue weighted by molar-refractivity contribution is 6.05. The van der Waals surface area contributed by atoms with Gasteiger partial charge in [0.1, 0.15) is 11.4 Å². The molecule has 0 aliphatic carbocycles. The second-order valence-electron chi connectivity index (χ2n) is 6.18. The SMILES string of the molecule is COc1ccc(C(=O)Nc2cnc(N3CCCC3)nc2N(C)C)cc1. The van der Waals surface area contributed by atoms with Gasteiger partial charge < -0.3 is 19.9 Å². The minimum Gasteiger partial charge on any atom is -0.497 e. The van der Waals surface area contributed by atoms with Crippen LogP contribution in [0.3, 0.4) is 0 Å². The van der Waals surface area contributed by atoms with Crippen LogP contribution in [0.4, 0.5) is 17.5 Å². The van der Waals surface area contributed by atoms with Crippen molar-refractivity contribution in [1.29, 1.82) is 0 Å². The second kappa shape index (κ2) is 7.38. The topological polar surface area (TPSA) is 70.6 Å². The van der Waals surface area contributed by atoms with E-state index in [2.05, 4.69) is 20.2 Å². The molecule has 132 valence electrons. The van der Waals surface area contributed by atoms with E-state index < -0.39 is 0 Å². The van der Waals surface area contributed by atoms with E-state index in [0.717, 1.165) is 25.9 Å². The van der Waals surface area contributed by atoms with Crippen molar-refractivity contribution < 1.29 is 9.53 Å². The molecule has 0 unspecified atom stereocenters. The lowest BCUT2D eigenvalue weighted by molar-refractivity contribution is 0.102. The summed E-state index contributed by atoms with van der Waals surface area (Å²) in [5.41, 5.74) is 1.14. The molecule has 0 radical (unpaired) electrons. The first-order valence-electron chi connectivity index (χ1n) is 8.33. The molecule has 1 aliphatic rings. The summed E-state index contributed by atoms with van der Waals surface area (Å²) in [6.07, 6.45) is 4.00. The predicted octanol–water partition coefficient (Wildman–Crippen LogP) is 2.40. The smallest absolute Gasteiger partial charge is 0.255 e. The molecular formula is C18H23N5O2. The number of nitrogens with zero attached hydrogens (tertiary/aromatic N) is 4. The van der Waals surface area contributed by atoms with Gasteiger partial charge in [-0.1, -0.05) is 0 Å². The summed E-state index contributed by atoms with van der Waals surface area (Å²) in [7, 11) is 5.40. The maximum absolute atomic E-state index is 12.5. The summed E-state index contributed by atoms with van der Waals surface area (Å²) < 4.78 is 5.12. The quantitative estimate of drug-likeness (QED) is 0.900. The minimum atomic E-state index is -0.205. The van der Waals surface area contributed by atoms with Gasteiger partial charge in [-0.05, 0) is 37.1 Å². The van der Waals surface area contributed by atoms with E-state index in [0.29, 0.717) is 28.8 Å². The molecule has 0 saturated carbocycles. The van der Waals surface area contributed by atoms with Crippen molar-refractivity contribution in [2.24, 2.45) is 0 Å². The Bertz CT molecular complexity index is 740. The zero-order chi connectivity index (χ0) is 17.8. The third kappa shape index (κ3) is 3.81. The van der Waals surface area contributed by atoms with E-state index in [-0.39, 0.29) is 5.91 Å². The highest BCUT2D eigenvalue weighted by atomic mass is 16.5. The standard InChI is InChI=1S/C18H23N5O2/c1-22(2)16-15(12-19-18(21-16)23-10-4-5-11-23)20-17(24)13-6-8-14(25-3)9-7-13/h6-9,12H,4-5,10-11H2,1-3H3,(H,20,24). The Morgan fingerprint density at radius 1 is 1.20 bits per heavy atom. The van der Waals surface area contributed by atoms with E-state index in [4.69, 9.17) is 4.74 Å². The fraction of sp³-hybridized carbons (Fsp3) is 0.389. The number of ether oxygens (including phenoxy) is 1. The summed E-state index contributed by atoms with van der Waals surface area (Å²) in [6.45, 7) is 1.95. The number of carbonyl (C=O) groups is 1. The fourth-order valence-corrected chi connectivity index (χ4v) is 2.80. The number of anilines is 3. The zero-order valence-electron chi connectivity index (χ0n) is 14.8. The molecule has 0 atom stereocenters. The maximum Gasteiger partial charge on any atom is 0.255 e. The number of aromatic nitrogens is 2. The Labute approximate surface area is 147 Å². The van der Waals surface area contributed by atoms with Gasteiger partial charge >= 0.3 is 0 Å². The average molecular weight is 341 g/mol. The van der Waals surface area contributed by atoms with Gasteiger partial charge in [-0.2, -0.15) is 4.98 Å². The number of methoxy groups -OCH3 is 1. The molecule has 25 heavy (non-hydrogen) atoms. The Morgan fingerprint density at radius 3 is 2.48 bits per heavy atom. The van der Waals surface area contributed by atoms with E-state index >= 15 is 0 Å². The highest BCUT2D eigenvalue weighted by Gasteiger charge is 2.19. The molecule has 1 aromatic heterocycles. The molecule has 2 heterocycles. The van der Waals surface area contributed by atoms with Crippen LogP contribution in [0, 0.1) is 0 Å². The van der Waals surface area contributed by atoms with E-state index in [1.54, 1.807) is 37.6 Å². The van der Waals surface area contributed by atoms with Crippen molar-refractivity contribution in [2.75, 3.05) is 49.4 Å². The van der Waals surface area contributed by atoms with Crippen LogP contribution in [0.15, 0.2) is 30.5 Å². The van der Waals surface area contributed by atoms with Gasteiger partial charge in [0.25, 0.3) is 5.91 Å². The zero-order valence-corrected chi connectivity index (χ0v) is 14.8. The molecule has 1 fully saturated rings. The van der Waals surface area contributed by atoms with Crippen LogP contribution < -0.4 is 19.9 Å². The third-order valence-electron chi connectivity index (χ3n) is 4.17. The predicted molar refractivity (Wildman–Crippen MR) is 98.8 cm³/mol.